The molecular formula is C16H21N3O. The molecule has 1 aromatic heterocycles. The summed E-state index contributed by atoms with van der Waals surface area (Å²) in [6.07, 6.45) is 4.65. The van der Waals surface area contributed by atoms with Gasteiger partial charge in [0.2, 0.25) is 0 Å². The molecule has 1 fully saturated rings. The monoisotopic (exact) mass is 271 g/mol. The molecule has 0 unspecified atom stereocenters. The molecule has 0 radical (unpaired) electrons. The first kappa shape index (κ1) is 13.3. The smallest absolute Gasteiger partial charge is 0.0690 e. The summed E-state index contributed by atoms with van der Waals surface area (Å²) < 4.78 is 7.05. The minimum absolute atomic E-state index is 0.697. The molecule has 4 heteroatoms. The second-order valence-corrected chi connectivity index (χ2v) is 5.26. The Morgan fingerprint density at radius 1 is 1.30 bits per heavy atom. The predicted octanol–water partition coefficient (Wildman–Crippen LogP) is 2.49. The van der Waals surface area contributed by atoms with Crippen molar-refractivity contribution in [1.82, 2.24) is 15.1 Å². The quantitative estimate of drug-likeness (QED) is 0.786. The van der Waals surface area contributed by atoms with Crippen LogP contribution in [0.3, 0.4) is 0 Å². The third-order valence-electron chi connectivity index (χ3n) is 3.64. The zero-order valence-corrected chi connectivity index (χ0v) is 11.9. The molecule has 20 heavy (non-hydrogen) atoms. The molecule has 0 atom stereocenters. The molecule has 1 saturated carbocycles. The predicted molar refractivity (Wildman–Crippen MR) is 79.1 cm³/mol. The number of hydrogen-bond donors (Lipinski definition) is 1. The molecule has 1 aliphatic carbocycles. The SMILES string of the molecule is COCCNCc1ccccc1-n1ccc(C2CC2)n1. The molecule has 0 amide bonds. The van der Waals surface area contributed by atoms with Crippen LogP contribution in [-0.4, -0.2) is 30.0 Å². The first-order valence-electron chi connectivity index (χ1n) is 7.22. The number of benzene rings is 1. The normalized spacial score (nSPS) is 14.7. The average molecular weight is 271 g/mol. The van der Waals surface area contributed by atoms with Crippen molar-refractivity contribution in [1.29, 1.82) is 0 Å². The molecule has 1 N–H and O–H groups in total. The summed E-state index contributed by atoms with van der Waals surface area (Å²) in [6, 6.07) is 10.5. The van der Waals surface area contributed by atoms with Crippen LogP contribution in [0.1, 0.15) is 30.0 Å². The van der Waals surface area contributed by atoms with Gasteiger partial charge in [-0.2, -0.15) is 5.10 Å². The van der Waals surface area contributed by atoms with E-state index in [0.717, 1.165) is 25.4 Å². The Kier molecular flexibility index (Phi) is 4.14. The van der Waals surface area contributed by atoms with Crippen LogP contribution in [0.2, 0.25) is 0 Å². The maximum atomic E-state index is 5.05. The number of para-hydroxylation sites is 1. The first-order valence-corrected chi connectivity index (χ1v) is 7.22. The third-order valence-corrected chi connectivity index (χ3v) is 3.64. The molecule has 0 bridgehead atoms. The molecule has 2 aromatic rings. The van der Waals surface area contributed by atoms with E-state index in [1.807, 2.05) is 4.68 Å². The molecule has 0 saturated heterocycles. The van der Waals surface area contributed by atoms with E-state index in [0.29, 0.717) is 5.92 Å². The molecular weight excluding hydrogens is 250 g/mol. The first-order chi connectivity index (χ1) is 9.88. The standard InChI is InChI=1S/C16H21N3O/c1-20-11-9-17-12-14-4-2-3-5-16(14)19-10-8-15(18-19)13-6-7-13/h2-5,8,10,13,17H,6-7,9,11-12H2,1H3. The summed E-state index contributed by atoms with van der Waals surface area (Å²) in [5.41, 5.74) is 3.64. The second kappa shape index (κ2) is 6.20. The Bertz CT molecular complexity index is 560. The topological polar surface area (TPSA) is 39.1 Å². The second-order valence-electron chi connectivity index (χ2n) is 5.26. The van der Waals surface area contributed by atoms with Crippen LogP contribution in [-0.2, 0) is 11.3 Å². The number of methoxy groups -OCH3 is 1. The molecule has 1 heterocycles. The lowest BCUT2D eigenvalue weighted by atomic mass is 10.2. The van der Waals surface area contributed by atoms with E-state index < -0.39 is 0 Å². The van der Waals surface area contributed by atoms with Crippen LogP contribution in [0, 0.1) is 0 Å². The van der Waals surface area contributed by atoms with Gasteiger partial charge in [0.15, 0.2) is 0 Å². The Labute approximate surface area is 119 Å². The highest BCUT2D eigenvalue weighted by Gasteiger charge is 2.26. The van der Waals surface area contributed by atoms with E-state index in [4.69, 9.17) is 9.84 Å². The maximum Gasteiger partial charge on any atom is 0.0690 e. The summed E-state index contributed by atoms with van der Waals surface area (Å²) >= 11 is 0. The average Bonchev–Trinajstić information content (AvgIpc) is 3.22. The van der Waals surface area contributed by atoms with E-state index in [-0.39, 0.29) is 0 Å². The van der Waals surface area contributed by atoms with Crippen LogP contribution < -0.4 is 5.32 Å². The zero-order chi connectivity index (χ0) is 13.8. The maximum absolute atomic E-state index is 5.05. The van der Waals surface area contributed by atoms with Crippen molar-refractivity contribution in [3.63, 3.8) is 0 Å². The number of nitrogens with one attached hydrogen (secondary N) is 1. The van der Waals surface area contributed by atoms with Gasteiger partial charge in [0.25, 0.3) is 0 Å². The highest BCUT2D eigenvalue weighted by Crippen LogP contribution is 2.39. The Hall–Kier alpha value is -1.65. The minimum Gasteiger partial charge on any atom is -0.383 e. The number of hydrogen-bond acceptors (Lipinski definition) is 3. The van der Waals surface area contributed by atoms with E-state index in [2.05, 4.69) is 41.8 Å². The van der Waals surface area contributed by atoms with Crippen molar-refractivity contribution in [2.45, 2.75) is 25.3 Å². The van der Waals surface area contributed by atoms with Gasteiger partial charge in [-0.15, -0.1) is 0 Å². The summed E-state index contributed by atoms with van der Waals surface area (Å²) in [6.45, 7) is 2.42. The highest BCUT2D eigenvalue weighted by atomic mass is 16.5. The summed E-state index contributed by atoms with van der Waals surface area (Å²) in [5, 5.41) is 8.10. The van der Waals surface area contributed by atoms with E-state index in [9.17, 15) is 0 Å². The van der Waals surface area contributed by atoms with Gasteiger partial charge in [-0.05, 0) is 30.5 Å². The van der Waals surface area contributed by atoms with Gasteiger partial charge in [-0.3, -0.25) is 0 Å². The Morgan fingerprint density at radius 2 is 2.15 bits per heavy atom. The van der Waals surface area contributed by atoms with Crippen molar-refractivity contribution in [2.75, 3.05) is 20.3 Å². The summed E-state index contributed by atoms with van der Waals surface area (Å²) in [7, 11) is 1.72. The lowest BCUT2D eigenvalue weighted by molar-refractivity contribution is 0.199. The molecule has 0 aliphatic heterocycles. The van der Waals surface area contributed by atoms with Gasteiger partial charge in [-0.25, -0.2) is 4.68 Å². The third kappa shape index (κ3) is 3.08. The minimum atomic E-state index is 0.697. The van der Waals surface area contributed by atoms with Crippen molar-refractivity contribution in [3.05, 3.63) is 47.8 Å². The molecule has 106 valence electrons. The number of rotatable bonds is 7. The van der Waals surface area contributed by atoms with E-state index in [1.165, 1.54) is 24.1 Å². The largest absolute Gasteiger partial charge is 0.383 e. The summed E-state index contributed by atoms with van der Waals surface area (Å²) in [5.74, 6) is 0.697. The molecule has 4 nitrogen and oxygen atoms in total. The fourth-order valence-electron chi connectivity index (χ4n) is 2.35. The van der Waals surface area contributed by atoms with Gasteiger partial charge in [0.1, 0.15) is 0 Å². The van der Waals surface area contributed by atoms with Gasteiger partial charge in [0.05, 0.1) is 18.0 Å². The lowest BCUT2D eigenvalue weighted by Gasteiger charge is -2.10. The van der Waals surface area contributed by atoms with Crippen LogP contribution in [0.15, 0.2) is 36.5 Å². The fraction of sp³-hybridized carbons (Fsp3) is 0.438. The van der Waals surface area contributed by atoms with E-state index in [1.54, 1.807) is 7.11 Å². The van der Waals surface area contributed by atoms with Gasteiger partial charge in [-0.1, -0.05) is 18.2 Å². The number of aromatic nitrogens is 2. The number of ether oxygens (including phenoxy) is 1. The van der Waals surface area contributed by atoms with Crippen molar-refractivity contribution in [3.8, 4) is 5.69 Å². The van der Waals surface area contributed by atoms with Crippen LogP contribution in [0.25, 0.3) is 5.69 Å². The van der Waals surface area contributed by atoms with Gasteiger partial charge in [0, 0.05) is 32.3 Å². The molecule has 1 aliphatic rings. The number of nitrogens with zero attached hydrogens (tertiary/aromatic N) is 2. The van der Waals surface area contributed by atoms with Crippen LogP contribution in [0.5, 0.6) is 0 Å². The molecule has 0 spiro atoms. The van der Waals surface area contributed by atoms with E-state index >= 15 is 0 Å². The van der Waals surface area contributed by atoms with Crippen LogP contribution in [0.4, 0.5) is 0 Å². The Morgan fingerprint density at radius 3 is 2.95 bits per heavy atom. The van der Waals surface area contributed by atoms with Gasteiger partial charge < -0.3 is 10.1 Å². The molecule has 1 aromatic carbocycles. The zero-order valence-electron chi connectivity index (χ0n) is 11.9. The van der Waals surface area contributed by atoms with Crippen molar-refractivity contribution in [2.24, 2.45) is 0 Å². The van der Waals surface area contributed by atoms with Crippen LogP contribution >= 0.6 is 0 Å². The van der Waals surface area contributed by atoms with Gasteiger partial charge >= 0.3 is 0 Å². The lowest BCUT2D eigenvalue weighted by Crippen LogP contribution is -2.19. The Balaban J connectivity index is 1.73. The fourth-order valence-corrected chi connectivity index (χ4v) is 2.35. The molecule has 3 rings (SSSR count). The van der Waals surface area contributed by atoms with Crippen molar-refractivity contribution < 1.29 is 4.74 Å². The highest BCUT2D eigenvalue weighted by molar-refractivity contribution is 5.40. The summed E-state index contributed by atoms with van der Waals surface area (Å²) in [4.78, 5) is 0. The van der Waals surface area contributed by atoms with Crippen molar-refractivity contribution >= 4 is 0 Å².